The van der Waals surface area contributed by atoms with Gasteiger partial charge in [0.15, 0.2) is 5.60 Å². The molecule has 0 radical (unpaired) electrons. The highest BCUT2D eigenvalue weighted by Crippen LogP contribution is 2.56. The summed E-state index contributed by atoms with van der Waals surface area (Å²) in [5.74, 6) is 0.715. The summed E-state index contributed by atoms with van der Waals surface area (Å²) >= 11 is 0. The third-order valence-corrected chi connectivity index (χ3v) is 8.31. The molecule has 0 N–H and O–H groups in total. The van der Waals surface area contributed by atoms with Crippen LogP contribution in [0.2, 0.25) is 0 Å². The average Bonchev–Trinajstić information content (AvgIpc) is 3.32. The highest BCUT2D eigenvalue weighted by atomic mass is 19.4. The Labute approximate surface area is 247 Å². The molecule has 1 unspecified atom stereocenters. The number of halogens is 3. The van der Waals surface area contributed by atoms with Gasteiger partial charge < -0.3 is 24.0 Å². The van der Waals surface area contributed by atoms with Crippen LogP contribution < -0.4 is 14.5 Å². The zero-order valence-corrected chi connectivity index (χ0v) is 23.5. The number of morpholine rings is 1. The van der Waals surface area contributed by atoms with E-state index in [1.165, 1.54) is 6.07 Å². The third kappa shape index (κ3) is 4.41. The van der Waals surface area contributed by atoms with Crippen molar-refractivity contribution in [3.05, 3.63) is 113 Å². The van der Waals surface area contributed by atoms with Gasteiger partial charge in [-0.2, -0.15) is 13.2 Å². The number of rotatable bonds is 5. The lowest BCUT2D eigenvalue weighted by Crippen LogP contribution is -2.37. The van der Waals surface area contributed by atoms with E-state index >= 15 is 0 Å². The summed E-state index contributed by atoms with van der Waals surface area (Å²) < 4.78 is 60.3. The first-order chi connectivity index (χ1) is 20.8. The molecule has 9 heteroatoms. The molecule has 0 amide bonds. The molecule has 3 aliphatic heterocycles. The minimum atomic E-state index is -4.50. The minimum absolute atomic E-state index is 0.139. The first kappa shape index (κ1) is 27.3. The quantitative estimate of drug-likeness (QED) is 0.224. The maximum Gasteiger partial charge on any atom is 0.418 e. The Morgan fingerprint density at radius 2 is 1.51 bits per heavy atom. The van der Waals surface area contributed by atoms with Gasteiger partial charge in [-0.05, 0) is 55.0 Å². The van der Waals surface area contributed by atoms with Crippen LogP contribution in [-0.2, 0) is 21.3 Å². The molecule has 0 aromatic heterocycles. The Bertz CT molecular complexity index is 1720. The van der Waals surface area contributed by atoms with Gasteiger partial charge in [0.1, 0.15) is 11.5 Å². The van der Waals surface area contributed by atoms with Crippen LogP contribution in [0.25, 0.3) is 0 Å². The number of alkyl halides is 3. The van der Waals surface area contributed by atoms with Gasteiger partial charge in [0.25, 0.3) is 0 Å². The molecule has 3 heterocycles. The molecule has 3 aliphatic rings. The fraction of sp³-hybridized carbons (Fsp3) is 0.265. The number of benzene rings is 4. The molecule has 6 nitrogen and oxygen atoms in total. The maximum absolute atomic E-state index is 14.1. The van der Waals surface area contributed by atoms with E-state index < -0.39 is 23.3 Å². The van der Waals surface area contributed by atoms with Gasteiger partial charge >= 0.3 is 12.1 Å². The van der Waals surface area contributed by atoms with E-state index in [-0.39, 0.29) is 5.69 Å². The standard InChI is InChI=1S/C34H29F3N2O4/c1-2-15-39(23-11-13-26(34(35,36)37)29(21-23)38-16-18-41-19-17-38)22-12-14-31-28(20-22)33(27-9-5-6-10-30(27)42-31)25-8-4-3-7-24(25)32(40)43-33/h3-14,20-21H,2,15-19H2,1H3. The Balaban J connectivity index is 1.39. The van der Waals surface area contributed by atoms with Crippen molar-refractivity contribution in [1.29, 1.82) is 0 Å². The molecule has 7 rings (SSSR count). The van der Waals surface area contributed by atoms with Gasteiger partial charge in [-0.25, -0.2) is 4.79 Å². The molecule has 1 saturated heterocycles. The summed E-state index contributed by atoms with van der Waals surface area (Å²) in [6.45, 7) is 4.07. The van der Waals surface area contributed by atoms with E-state index in [0.717, 1.165) is 23.7 Å². The lowest BCUT2D eigenvalue weighted by molar-refractivity contribution is -0.137. The lowest BCUT2D eigenvalue weighted by Gasteiger charge is -2.37. The Morgan fingerprint density at radius 1 is 0.837 bits per heavy atom. The monoisotopic (exact) mass is 586 g/mol. The van der Waals surface area contributed by atoms with E-state index in [2.05, 4.69) is 0 Å². The second-order valence-corrected chi connectivity index (χ2v) is 10.8. The summed E-state index contributed by atoms with van der Waals surface area (Å²) in [6, 6.07) is 24.8. The zero-order valence-electron chi connectivity index (χ0n) is 23.5. The van der Waals surface area contributed by atoms with Crippen LogP contribution in [0.4, 0.5) is 30.2 Å². The summed E-state index contributed by atoms with van der Waals surface area (Å²) in [6.07, 6.45) is -3.75. The van der Waals surface area contributed by atoms with Gasteiger partial charge in [0, 0.05) is 47.7 Å². The molecular formula is C34H29F3N2O4. The van der Waals surface area contributed by atoms with E-state index in [4.69, 9.17) is 14.2 Å². The minimum Gasteiger partial charge on any atom is -0.456 e. The molecule has 0 bridgehead atoms. The smallest absolute Gasteiger partial charge is 0.418 e. The van der Waals surface area contributed by atoms with Gasteiger partial charge in [0.05, 0.1) is 30.0 Å². The summed E-state index contributed by atoms with van der Waals surface area (Å²) in [7, 11) is 0. The summed E-state index contributed by atoms with van der Waals surface area (Å²) in [4.78, 5) is 17.0. The fourth-order valence-corrected chi connectivity index (χ4v) is 6.40. The highest BCUT2D eigenvalue weighted by molar-refractivity contribution is 5.97. The molecule has 1 fully saturated rings. The largest absolute Gasteiger partial charge is 0.456 e. The van der Waals surface area contributed by atoms with E-state index in [1.54, 1.807) is 23.1 Å². The van der Waals surface area contributed by atoms with Crippen molar-refractivity contribution in [2.45, 2.75) is 25.1 Å². The second-order valence-electron chi connectivity index (χ2n) is 10.8. The second kappa shape index (κ2) is 10.3. The number of esters is 1. The van der Waals surface area contributed by atoms with Crippen LogP contribution in [0, 0.1) is 0 Å². The normalized spacial score (nSPS) is 18.9. The van der Waals surface area contributed by atoms with E-state index in [1.807, 2.05) is 66.4 Å². The number of carbonyl (C=O) groups excluding carboxylic acids is 1. The molecule has 0 saturated carbocycles. The Kier molecular flexibility index (Phi) is 6.58. The number of nitrogens with zero attached hydrogens (tertiary/aromatic N) is 2. The Hall–Kier alpha value is -4.50. The molecule has 1 atom stereocenters. The van der Waals surface area contributed by atoms with Crippen molar-refractivity contribution in [3.8, 4) is 11.5 Å². The molecule has 4 aromatic rings. The number of hydrogen-bond donors (Lipinski definition) is 0. The number of carbonyl (C=O) groups is 1. The molecule has 43 heavy (non-hydrogen) atoms. The topological polar surface area (TPSA) is 51.2 Å². The van der Waals surface area contributed by atoms with Gasteiger partial charge in [0.2, 0.25) is 0 Å². The maximum atomic E-state index is 14.1. The number of ether oxygens (including phenoxy) is 3. The van der Waals surface area contributed by atoms with E-state index in [9.17, 15) is 18.0 Å². The molecule has 4 aromatic carbocycles. The van der Waals surface area contributed by atoms with Crippen molar-refractivity contribution >= 4 is 23.0 Å². The third-order valence-electron chi connectivity index (χ3n) is 8.31. The van der Waals surface area contributed by atoms with Crippen LogP contribution in [0.5, 0.6) is 11.5 Å². The van der Waals surface area contributed by atoms with Crippen LogP contribution in [-0.4, -0.2) is 38.8 Å². The fourth-order valence-electron chi connectivity index (χ4n) is 6.40. The van der Waals surface area contributed by atoms with Crippen molar-refractivity contribution < 1.29 is 32.2 Å². The van der Waals surface area contributed by atoms with Crippen LogP contribution >= 0.6 is 0 Å². The van der Waals surface area contributed by atoms with Gasteiger partial charge in [-0.15, -0.1) is 0 Å². The molecular weight excluding hydrogens is 557 g/mol. The SMILES string of the molecule is CCCN(c1ccc(C(F)(F)F)c(N2CCOCC2)c1)c1ccc2c(c1)C1(OC(=O)c3ccccc31)c1ccccc1O2. The highest BCUT2D eigenvalue weighted by Gasteiger charge is 2.53. The van der Waals surface area contributed by atoms with Crippen LogP contribution in [0.3, 0.4) is 0 Å². The zero-order chi connectivity index (χ0) is 29.8. The average molecular weight is 587 g/mol. The Morgan fingerprint density at radius 3 is 2.28 bits per heavy atom. The predicted molar refractivity (Wildman–Crippen MR) is 156 cm³/mol. The number of para-hydroxylation sites is 1. The number of fused-ring (bicyclic) bond motifs is 6. The summed E-state index contributed by atoms with van der Waals surface area (Å²) in [5.41, 5.74) is 2.19. The number of anilines is 3. The van der Waals surface area contributed by atoms with Crippen molar-refractivity contribution in [2.75, 3.05) is 42.6 Å². The molecule has 1 spiro atoms. The van der Waals surface area contributed by atoms with Crippen LogP contribution in [0.15, 0.2) is 84.9 Å². The molecule has 220 valence electrons. The number of hydrogen-bond acceptors (Lipinski definition) is 6. The lowest BCUT2D eigenvalue weighted by atomic mass is 9.77. The predicted octanol–water partition coefficient (Wildman–Crippen LogP) is 7.66. The van der Waals surface area contributed by atoms with Crippen molar-refractivity contribution in [1.82, 2.24) is 0 Å². The van der Waals surface area contributed by atoms with Crippen LogP contribution in [0.1, 0.15) is 46.0 Å². The van der Waals surface area contributed by atoms with Crippen molar-refractivity contribution in [2.24, 2.45) is 0 Å². The van der Waals surface area contributed by atoms with Gasteiger partial charge in [-0.3, -0.25) is 0 Å². The molecule has 0 aliphatic carbocycles. The first-order valence-electron chi connectivity index (χ1n) is 14.4. The van der Waals surface area contributed by atoms with Crippen molar-refractivity contribution in [3.63, 3.8) is 0 Å². The summed E-state index contributed by atoms with van der Waals surface area (Å²) in [5, 5.41) is 0. The first-order valence-corrected chi connectivity index (χ1v) is 14.4. The van der Waals surface area contributed by atoms with Gasteiger partial charge in [-0.1, -0.05) is 43.3 Å². The van der Waals surface area contributed by atoms with E-state index in [0.29, 0.717) is 66.7 Å².